The molecule has 0 saturated carbocycles. The van der Waals surface area contributed by atoms with E-state index in [0.29, 0.717) is 34.6 Å². The molecule has 1 heterocycles. The number of aliphatic carboxylic acids is 1. The van der Waals surface area contributed by atoms with Crippen molar-refractivity contribution in [3.63, 3.8) is 0 Å². The lowest BCUT2D eigenvalue weighted by atomic mass is 9.94. The number of hydrogen-bond donors (Lipinski definition) is 2. The molecule has 0 spiro atoms. The molecule has 0 unspecified atom stereocenters. The van der Waals surface area contributed by atoms with Crippen LogP contribution in [0.5, 0.6) is 11.5 Å². The third-order valence-electron chi connectivity index (χ3n) is 5.52. The number of methoxy groups -OCH3 is 1. The van der Waals surface area contributed by atoms with Gasteiger partial charge in [-0.05, 0) is 45.4 Å². The summed E-state index contributed by atoms with van der Waals surface area (Å²) >= 11 is 0. The number of rotatable bonds is 10. The summed E-state index contributed by atoms with van der Waals surface area (Å²) in [5, 5.41) is 9.51. The third-order valence-corrected chi connectivity index (χ3v) is 5.52. The van der Waals surface area contributed by atoms with Gasteiger partial charge in [0.05, 0.1) is 30.9 Å². The lowest BCUT2D eigenvalue weighted by molar-refractivity contribution is -0.147. The van der Waals surface area contributed by atoms with Crippen LogP contribution in [0, 0.1) is 5.41 Å². The predicted molar refractivity (Wildman–Crippen MR) is 136 cm³/mol. The van der Waals surface area contributed by atoms with Gasteiger partial charge in [-0.1, -0.05) is 24.3 Å². The normalized spacial score (nSPS) is 12.0. The number of nitrogens with zero attached hydrogens (tertiary/aromatic N) is 3. The van der Waals surface area contributed by atoms with E-state index < -0.39 is 22.8 Å². The number of aromatic amines is 1. The molecule has 196 valence electrons. The Hall–Kier alpha value is -4.41. The zero-order valence-electron chi connectivity index (χ0n) is 21.3. The molecule has 0 fully saturated rings. The van der Waals surface area contributed by atoms with Gasteiger partial charge in [0.25, 0.3) is 0 Å². The Morgan fingerprint density at radius 2 is 1.78 bits per heavy atom. The van der Waals surface area contributed by atoms with Gasteiger partial charge in [-0.25, -0.2) is 19.1 Å². The molecule has 2 N–H and O–H groups in total. The van der Waals surface area contributed by atoms with Crippen LogP contribution in [-0.2, 0) is 17.9 Å². The molecule has 0 aliphatic rings. The van der Waals surface area contributed by atoms with Crippen molar-refractivity contribution in [2.75, 3.05) is 7.11 Å². The van der Waals surface area contributed by atoms with Crippen LogP contribution in [0.3, 0.4) is 0 Å². The Morgan fingerprint density at radius 3 is 2.35 bits per heavy atom. The molecular weight excluding hydrogens is 480 g/mol. The summed E-state index contributed by atoms with van der Waals surface area (Å²) in [5.41, 5.74) is -1.43. The maximum Gasteiger partial charge on any atom is 0.335 e. The number of aromatic nitrogens is 3. The van der Waals surface area contributed by atoms with Gasteiger partial charge in [-0.15, -0.1) is 0 Å². The van der Waals surface area contributed by atoms with E-state index in [0.717, 1.165) is 4.57 Å². The molecule has 11 nitrogen and oxygen atoms in total. The van der Waals surface area contributed by atoms with Crippen LogP contribution in [0.15, 0.2) is 57.0 Å². The SMILES string of the molecule is COc1cc(/N=c2\[nH]c(=O)n(CC(C)(C)C(=O)O)c(=O)n2Cc2ccc(C=O)cc2)ccc1OC(C)C. The second kappa shape index (κ2) is 11.1. The number of ether oxygens (including phenoxy) is 2. The zero-order valence-corrected chi connectivity index (χ0v) is 21.3. The summed E-state index contributed by atoms with van der Waals surface area (Å²) in [6, 6.07) is 11.5. The molecule has 2 aromatic carbocycles. The molecule has 0 bridgehead atoms. The quantitative estimate of drug-likeness (QED) is 0.398. The van der Waals surface area contributed by atoms with Crippen LogP contribution in [0.25, 0.3) is 0 Å². The maximum atomic E-state index is 13.5. The monoisotopic (exact) mass is 510 g/mol. The maximum absolute atomic E-state index is 13.5. The zero-order chi connectivity index (χ0) is 27.3. The number of hydrogen-bond acceptors (Lipinski definition) is 7. The highest BCUT2D eigenvalue weighted by Crippen LogP contribution is 2.31. The van der Waals surface area contributed by atoms with Crippen molar-refractivity contribution < 1.29 is 24.2 Å². The fourth-order valence-corrected chi connectivity index (χ4v) is 3.47. The number of aldehydes is 1. The fourth-order valence-electron chi connectivity index (χ4n) is 3.47. The highest BCUT2D eigenvalue weighted by Gasteiger charge is 2.29. The second-order valence-electron chi connectivity index (χ2n) is 9.37. The molecule has 37 heavy (non-hydrogen) atoms. The smallest absolute Gasteiger partial charge is 0.335 e. The molecule has 11 heteroatoms. The molecule has 1 aromatic heterocycles. The molecule has 0 aliphatic carbocycles. The van der Waals surface area contributed by atoms with Gasteiger partial charge < -0.3 is 14.6 Å². The van der Waals surface area contributed by atoms with E-state index in [1.165, 1.54) is 25.5 Å². The first-order chi connectivity index (χ1) is 17.4. The lowest BCUT2D eigenvalue weighted by Crippen LogP contribution is -2.52. The van der Waals surface area contributed by atoms with Crippen molar-refractivity contribution in [3.05, 3.63) is 80.2 Å². The molecule has 0 atom stereocenters. The van der Waals surface area contributed by atoms with Gasteiger partial charge in [-0.2, -0.15) is 0 Å². The van der Waals surface area contributed by atoms with E-state index in [2.05, 4.69) is 9.98 Å². The first-order valence-corrected chi connectivity index (χ1v) is 11.6. The number of carbonyl (C=O) groups is 2. The summed E-state index contributed by atoms with van der Waals surface area (Å²) in [6.07, 6.45) is 0.627. The van der Waals surface area contributed by atoms with Crippen LogP contribution in [0.1, 0.15) is 43.6 Å². The van der Waals surface area contributed by atoms with Crippen LogP contribution >= 0.6 is 0 Å². The van der Waals surface area contributed by atoms with Crippen molar-refractivity contribution in [1.82, 2.24) is 14.1 Å². The topological polar surface area (TPSA) is 145 Å². The van der Waals surface area contributed by atoms with Gasteiger partial charge in [0.2, 0.25) is 5.62 Å². The van der Waals surface area contributed by atoms with E-state index in [-0.39, 0.29) is 24.8 Å². The van der Waals surface area contributed by atoms with Gasteiger partial charge >= 0.3 is 17.3 Å². The highest BCUT2D eigenvalue weighted by molar-refractivity contribution is 5.74. The number of carboxylic acids is 1. The van der Waals surface area contributed by atoms with Crippen molar-refractivity contribution in [1.29, 1.82) is 0 Å². The van der Waals surface area contributed by atoms with Gasteiger partial charge in [0, 0.05) is 18.2 Å². The van der Waals surface area contributed by atoms with Crippen LogP contribution in [-0.4, -0.2) is 44.7 Å². The minimum absolute atomic E-state index is 0.00671. The van der Waals surface area contributed by atoms with E-state index in [1.807, 2.05) is 13.8 Å². The Balaban J connectivity index is 2.21. The summed E-state index contributed by atoms with van der Waals surface area (Å²) in [5.74, 6) is -0.219. The van der Waals surface area contributed by atoms with Crippen molar-refractivity contribution in [3.8, 4) is 11.5 Å². The average Bonchev–Trinajstić information content (AvgIpc) is 2.85. The standard InChI is InChI=1S/C26H30N4O7/c1-16(2)37-20-11-10-19(12-21(20)36-5)27-23-28-24(34)30(15-26(3,4)22(32)33)25(35)29(23)13-17-6-8-18(14-31)9-7-17/h6-12,14,16H,13,15H2,1-5H3,(H,32,33)(H,27,28,34). The largest absolute Gasteiger partial charge is 0.493 e. The molecular formula is C26H30N4O7. The first-order valence-electron chi connectivity index (χ1n) is 11.6. The van der Waals surface area contributed by atoms with Crippen LogP contribution in [0.4, 0.5) is 5.69 Å². The van der Waals surface area contributed by atoms with E-state index in [1.54, 1.807) is 42.5 Å². The Kier molecular flexibility index (Phi) is 8.16. The van der Waals surface area contributed by atoms with Crippen molar-refractivity contribution >= 4 is 17.9 Å². The lowest BCUT2D eigenvalue weighted by Gasteiger charge is -2.20. The molecule has 0 radical (unpaired) electrons. The number of carboxylic acid groups (broad SMARTS) is 1. The average molecular weight is 511 g/mol. The Labute approximate surface area is 212 Å². The summed E-state index contributed by atoms with van der Waals surface area (Å²) in [6.45, 7) is 6.27. The van der Waals surface area contributed by atoms with Gasteiger partial charge in [0.1, 0.15) is 6.29 Å². The summed E-state index contributed by atoms with van der Waals surface area (Å²) in [4.78, 5) is 56.1. The molecule has 0 saturated heterocycles. The predicted octanol–water partition coefficient (Wildman–Crippen LogP) is 2.34. The Morgan fingerprint density at radius 1 is 1.11 bits per heavy atom. The summed E-state index contributed by atoms with van der Waals surface area (Å²) < 4.78 is 13.2. The molecule has 3 aromatic rings. The molecule has 0 aliphatic heterocycles. The van der Waals surface area contributed by atoms with Crippen LogP contribution < -0.4 is 26.5 Å². The van der Waals surface area contributed by atoms with Gasteiger partial charge in [0.15, 0.2) is 11.5 Å². The minimum atomic E-state index is -1.38. The third kappa shape index (κ3) is 6.43. The van der Waals surface area contributed by atoms with E-state index in [9.17, 15) is 24.3 Å². The minimum Gasteiger partial charge on any atom is -0.493 e. The fraction of sp³-hybridized carbons (Fsp3) is 0.346. The number of H-pyrrole nitrogens is 1. The van der Waals surface area contributed by atoms with Gasteiger partial charge in [-0.3, -0.25) is 19.1 Å². The summed E-state index contributed by atoms with van der Waals surface area (Å²) in [7, 11) is 1.49. The highest BCUT2D eigenvalue weighted by atomic mass is 16.5. The number of nitrogens with one attached hydrogen (secondary N) is 1. The molecule has 0 amide bonds. The number of benzene rings is 2. The second-order valence-corrected chi connectivity index (χ2v) is 9.37. The molecule has 3 rings (SSSR count). The van der Waals surface area contributed by atoms with E-state index >= 15 is 0 Å². The first kappa shape index (κ1) is 27.2. The van der Waals surface area contributed by atoms with Crippen LogP contribution in [0.2, 0.25) is 0 Å². The Bertz CT molecular complexity index is 1480. The van der Waals surface area contributed by atoms with Crippen molar-refractivity contribution in [2.45, 2.75) is 46.9 Å². The van der Waals surface area contributed by atoms with Crippen molar-refractivity contribution in [2.24, 2.45) is 10.4 Å². The van der Waals surface area contributed by atoms with E-state index in [4.69, 9.17) is 9.47 Å². The number of carbonyl (C=O) groups excluding carboxylic acids is 1.